The van der Waals surface area contributed by atoms with Gasteiger partial charge in [0, 0.05) is 69.4 Å². The predicted octanol–water partition coefficient (Wildman–Crippen LogP) is 3.68. The van der Waals surface area contributed by atoms with Gasteiger partial charge in [-0.1, -0.05) is 0 Å². The molecule has 1 aliphatic carbocycles. The Morgan fingerprint density at radius 3 is 2.47 bits per heavy atom. The Labute approximate surface area is 253 Å². The van der Waals surface area contributed by atoms with E-state index in [-0.39, 0.29) is 74.0 Å². The fraction of sp³-hybridized carbons (Fsp3) is 0.517. The second-order valence-corrected chi connectivity index (χ2v) is 11.9. The molecule has 0 spiro atoms. The molecule has 3 aromatic rings. The van der Waals surface area contributed by atoms with Crippen molar-refractivity contribution < 1.29 is 40.7 Å². The quantitative estimate of drug-likeness (QED) is 0.379. The van der Waals surface area contributed by atoms with Crippen molar-refractivity contribution in [1.82, 2.24) is 29.7 Å². The smallest absolute Gasteiger partial charge is 0.255 e. The zero-order chi connectivity index (χ0) is 32.3. The van der Waals surface area contributed by atoms with Crippen molar-refractivity contribution in [2.45, 2.75) is 56.3 Å². The first kappa shape index (κ1) is 30.9. The number of ether oxygens (including phenoxy) is 1. The van der Waals surface area contributed by atoms with Crippen molar-refractivity contribution in [2.24, 2.45) is 5.92 Å². The molecule has 2 atom stereocenters. The summed E-state index contributed by atoms with van der Waals surface area (Å²) in [5, 5.41) is 6.75. The van der Waals surface area contributed by atoms with Gasteiger partial charge in [-0.15, -0.1) is 0 Å². The average Bonchev–Trinajstić information content (AvgIpc) is 3.52. The Kier molecular flexibility index (Phi) is 7.82. The van der Waals surface area contributed by atoms with Gasteiger partial charge in [0.2, 0.25) is 11.8 Å². The first-order valence-corrected chi connectivity index (χ1v) is 14.5. The van der Waals surface area contributed by atoms with E-state index in [2.05, 4.69) is 15.4 Å². The number of benzene rings is 1. The van der Waals surface area contributed by atoms with E-state index in [1.165, 1.54) is 24.0 Å². The lowest BCUT2D eigenvalue weighted by atomic mass is 9.80. The van der Waals surface area contributed by atoms with Crippen LogP contribution in [0.15, 0.2) is 24.5 Å². The minimum Gasteiger partial charge on any atom is -0.496 e. The summed E-state index contributed by atoms with van der Waals surface area (Å²) in [6.45, 7) is -0.0693. The van der Waals surface area contributed by atoms with Crippen LogP contribution in [0.2, 0.25) is 0 Å². The Balaban J connectivity index is 1.26. The highest BCUT2D eigenvalue weighted by Crippen LogP contribution is 2.43. The maximum absolute atomic E-state index is 15.6. The first-order chi connectivity index (χ1) is 21.2. The van der Waals surface area contributed by atoms with E-state index < -0.39 is 60.4 Å². The SMILES string of the molecule is COc1cc(F)c(-c2cc(CN3CCC(F)(F)CC3)c3c(N)ncnn23)cc1C(=O)N[C@@H]1CN(C(=O)C2CC(F)(F)C2)C[C@@H]1F. The number of nitrogens with zero attached hydrogens (tertiary/aromatic N) is 5. The molecule has 2 saturated heterocycles. The number of carbonyl (C=O) groups is 2. The maximum atomic E-state index is 15.6. The summed E-state index contributed by atoms with van der Waals surface area (Å²) in [4.78, 5) is 33.0. The molecule has 2 aromatic heterocycles. The molecule has 16 heteroatoms. The lowest BCUT2D eigenvalue weighted by Crippen LogP contribution is -2.47. The molecule has 4 heterocycles. The summed E-state index contributed by atoms with van der Waals surface area (Å²) in [7, 11) is 1.23. The molecular formula is C29H31F6N7O3. The molecule has 6 rings (SSSR count). The van der Waals surface area contributed by atoms with E-state index >= 15 is 4.39 Å². The number of hydrogen-bond donors (Lipinski definition) is 2. The van der Waals surface area contributed by atoms with Gasteiger partial charge in [0.1, 0.15) is 29.6 Å². The number of fused-ring (bicyclic) bond motifs is 1. The molecule has 0 unspecified atom stereocenters. The average molecular weight is 640 g/mol. The number of rotatable bonds is 7. The summed E-state index contributed by atoms with van der Waals surface area (Å²) in [5.41, 5.74) is 7.06. The van der Waals surface area contributed by atoms with Crippen LogP contribution < -0.4 is 15.8 Å². The number of nitrogens with two attached hydrogens (primary N) is 1. The zero-order valence-electron chi connectivity index (χ0n) is 24.2. The second-order valence-electron chi connectivity index (χ2n) is 11.9. The number of nitrogen functional groups attached to an aromatic ring is 1. The van der Waals surface area contributed by atoms with E-state index in [9.17, 15) is 31.5 Å². The van der Waals surface area contributed by atoms with Gasteiger partial charge in [-0.3, -0.25) is 14.5 Å². The lowest BCUT2D eigenvalue weighted by molar-refractivity contribution is -0.159. The molecule has 3 N–H and O–H groups in total. The van der Waals surface area contributed by atoms with Crippen LogP contribution in [-0.4, -0.2) is 93.6 Å². The molecule has 10 nitrogen and oxygen atoms in total. The van der Waals surface area contributed by atoms with Crippen molar-refractivity contribution in [3.63, 3.8) is 0 Å². The number of anilines is 1. The van der Waals surface area contributed by atoms with Crippen LogP contribution in [0.5, 0.6) is 5.75 Å². The summed E-state index contributed by atoms with van der Waals surface area (Å²) in [6, 6.07) is 2.68. The summed E-state index contributed by atoms with van der Waals surface area (Å²) in [5.74, 6) is -8.77. The molecule has 0 bridgehead atoms. The molecule has 2 aliphatic heterocycles. The Morgan fingerprint density at radius 2 is 1.80 bits per heavy atom. The van der Waals surface area contributed by atoms with Crippen molar-refractivity contribution in [3.05, 3.63) is 41.5 Å². The third-order valence-electron chi connectivity index (χ3n) is 8.77. The number of nitrogens with one attached hydrogen (secondary N) is 1. The number of carbonyl (C=O) groups excluding carboxylic acids is 2. The Bertz CT molecular complexity index is 1630. The fourth-order valence-electron chi connectivity index (χ4n) is 6.25. The van der Waals surface area contributed by atoms with Gasteiger partial charge in [0.25, 0.3) is 11.8 Å². The Hall–Kier alpha value is -4.08. The van der Waals surface area contributed by atoms with Crippen LogP contribution in [-0.2, 0) is 11.3 Å². The molecule has 242 valence electrons. The first-order valence-electron chi connectivity index (χ1n) is 14.5. The highest BCUT2D eigenvalue weighted by molar-refractivity contribution is 5.98. The number of likely N-dealkylation sites (tertiary alicyclic amines) is 2. The van der Waals surface area contributed by atoms with Gasteiger partial charge in [-0.05, 0) is 17.7 Å². The fourth-order valence-corrected chi connectivity index (χ4v) is 6.25. The molecule has 45 heavy (non-hydrogen) atoms. The summed E-state index contributed by atoms with van der Waals surface area (Å²) >= 11 is 0. The number of aromatic nitrogens is 3. The normalized spacial score (nSPS) is 23.2. The van der Waals surface area contributed by atoms with Gasteiger partial charge in [-0.25, -0.2) is 35.8 Å². The molecular weight excluding hydrogens is 608 g/mol. The third kappa shape index (κ3) is 5.99. The van der Waals surface area contributed by atoms with Crippen molar-refractivity contribution in [2.75, 3.05) is 39.0 Å². The molecule has 3 fully saturated rings. The van der Waals surface area contributed by atoms with Crippen LogP contribution in [0.3, 0.4) is 0 Å². The van der Waals surface area contributed by atoms with Crippen molar-refractivity contribution in [3.8, 4) is 17.0 Å². The van der Waals surface area contributed by atoms with Crippen LogP contribution >= 0.6 is 0 Å². The van der Waals surface area contributed by atoms with Crippen LogP contribution in [0.4, 0.5) is 32.2 Å². The van der Waals surface area contributed by atoms with Crippen LogP contribution in [0.1, 0.15) is 41.6 Å². The van der Waals surface area contributed by atoms with E-state index in [1.54, 1.807) is 6.07 Å². The largest absolute Gasteiger partial charge is 0.496 e. The molecule has 1 saturated carbocycles. The third-order valence-corrected chi connectivity index (χ3v) is 8.77. The predicted molar refractivity (Wildman–Crippen MR) is 149 cm³/mol. The van der Waals surface area contributed by atoms with E-state index in [1.807, 2.05) is 4.90 Å². The number of halogens is 6. The highest BCUT2D eigenvalue weighted by Gasteiger charge is 2.51. The van der Waals surface area contributed by atoms with Crippen LogP contribution in [0.25, 0.3) is 16.8 Å². The monoisotopic (exact) mass is 639 g/mol. The standard InChI is InChI=1S/C29H31F6N7O3/c1-45-23-8-19(30)17(7-18(23)26(43)39-21-13-41(12-20(21)31)27(44)16-9-29(34,35)10-16)22-6-15(24-25(36)37-14-38-42(22)24)11-40-4-2-28(32,33)3-5-40/h6-8,14,16,20-21H,2-5,9-13H2,1H3,(H,39,43)(H2,36,37,38)/t20-,21+/m0/s1. The van der Waals surface area contributed by atoms with Gasteiger partial charge in [0.15, 0.2) is 5.82 Å². The minimum absolute atomic E-state index is 0.0728. The zero-order valence-corrected chi connectivity index (χ0v) is 24.2. The number of amides is 2. The molecule has 1 aromatic carbocycles. The van der Waals surface area contributed by atoms with Gasteiger partial charge < -0.3 is 20.7 Å². The van der Waals surface area contributed by atoms with E-state index in [0.717, 1.165) is 11.0 Å². The number of hydrogen-bond acceptors (Lipinski definition) is 7. The van der Waals surface area contributed by atoms with Crippen molar-refractivity contribution >= 4 is 23.1 Å². The lowest BCUT2D eigenvalue weighted by Gasteiger charge is -2.36. The van der Waals surface area contributed by atoms with E-state index in [0.29, 0.717) is 11.1 Å². The van der Waals surface area contributed by atoms with Crippen LogP contribution in [0, 0.1) is 11.7 Å². The van der Waals surface area contributed by atoms with Gasteiger partial charge in [-0.2, -0.15) is 5.10 Å². The highest BCUT2D eigenvalue weighted by atomic mass is 19.3. The van der Waals surface area contributed by atoms with E-state index in [4.69, 9.17) is 10.5 Å². The molecule has 3 aliphatic rings. The van der Waals surface area contributed by atoms with Gasteiger partial charge >= 0.3 is 0 Å². The second kappa shape index (κ2) is 11.4. The van der Waals surface area contributed by atoms with Crippen molar-refractivity contribution in [1.29, 1.82) is 0 Å². The summed E-state index contributed by atoms with van der Waals surface area (Å²) in [6.07, 6.45) is -2.26. The van der Waals surface area contributed by atoms with Gasteiger partial charge in [0.05, 0.1) is 31.0 Å². The Morgan fingerprint density at radius 1 is 1.09 bits per heavy atom. The topological polar surface area (TPSA) is 118 Å². The molecule has 2 amide bonds. The number of methoxy groups -OCH3 is 1. The summed E-state index contributed by atoms with van der Waals surface area (Å²) < 4.78 is 91.1. The minimum atomic E-state index is -2.91. The molecule has 0 radical (unpaired) electrons. The number of alkyl halides is 5. The maximum Gasteiger partial charge on any atom is 0.255 e. The number of piperidine rings is 1.